The molecule has 5 heteroatoms. The Labute approximate surface area is 78.1 Å². The third-order valence-electron chi connectivity index (χ3n) is 1.15. The monoisotopic (exact) mass is 191 g/mol. The van der Waals surface area contributed by atoms with E-state index in [0.717, 1.165) is 0 Å². The number of methoxy groups -OCH3 is 1. The van der Waals surface area contributed by atoms with Crippen molar-refractivity contribution in [3.8, 4) is 0 Å². The van der Waals surface area contributed by atoms with Gasteiger partial charge in [-0.3, -0.25) is 4.84 Å². The Morgan fingerprint density at radius 3 is 2.31 bits per heavy atom. The van der Waals surface area contributed by atoms with E-state index in [0.29, 0.717) is 0 Å². The molecule has 78 valence electrons. The number of esters is 1. The molecule has 0 saturated heterocycles. The average Bonchev–Trinajstić information content (AvgIpc) is 1.96. The van der Waals surface area contributed by atoms with E-state index in [1.807, 2.05) is 0 Å². The van der Waals surface area contributed by atoms with E-state index in [-0.39, 0.29) is 6.61 Å². The first kappa shape index (κ1) is 12.3. The van der Waals surface area contributed by atoms with Crippen LogP contribution in [0.15, 0.2) is 0 Å². The van der Waals surface area contributed by atoms with Crippen LogP contribution in [0.1, 0.15) is 20.8 Å². The molecule has 0 bridgehead atoms. The Balaban J connectivity index is 4.06. The van der Waals surface area contributed by atoms with Crippen molar-refractivity contribution in [2.75, 3.05) is 13.7 Å². The van der Waals surface area contributed by atoms with Crippen LogP contribution < -0.4 is 5.90 Å². The van der Waals surface area contributed by atoms with E-state index in [1.165, 1.54) is 7.11 Å². The van der Waals surface area contributed by atoms with Crippen molar-refractivity contribution < 1.29 is 19.1 Å². The molecule has 0 fully saturated rings. The van der Waals surface area contributed by atoms with Crippen molar-refractivity contribution in [3.63, 3.8) is 0 Å². The van der Waals surface area contributed by atoms with Gasteiger partial charge in [0.25, 0.3) is 0 Å². The number of nitrogens with two attached hydrogens (primary N) is 1. The summed E-state index contributed by atoms with van der Waals surface area (Å²) >= 11 is 0. The highest BCUT2D eigenvalue weighted by molar-refractivity contribution is 5.75. The van der Waals surface area contributed by atoms with Gasteiger partial charge in [-0.1, -0.05) is 0 Å². The summed E-state index contributed by atoms with van der Waals surface area (Å²) in [5.41, 5.74) is -0.540. The molecule has 5 nitrogen and oxygen atoms in total. The maximum atomic E-state index is 11.3. The molecule has 0 aromatic rings. The zero-order valence-corrected chi connectivity index (χ0v) is 8.49. The molecular weight excluding hydrogens is 174 g/mol. The summed E-state index contributed by atoms with van der Waals surface area (Å²) < 4.78 is 9.74. The number of hydrogen-bond acceptors (Lipinski definition) is 5. The van der Waals surface area contributed by atoms with Gasteiger partial charge in [0.15, 0.2) is 6.10 Å². The van der Waals surface area contributed by atoms with Gasteiger partial charge in [0.2, 0.25) is 0 Å². The molecule has 2 N–H and O–H groups in total. The minimum atomic E-state index is -0.857. The molecule has 0 rings (SSSR count). The molecule has 13 heavy (non-hydrogen) atoms. The van der Waals surface area contributed by atoms with Crippen LogP contribution in [0, 0.1) is 0 Å². The first-order valence-corrected chi connectivity index (χ1v) is 3.98. The topological polar surface area (TPSA) is 70.8 Å². The van der Waals surface area contributed by atoms with E-state index < -0.39 is 17.7 Å². The Bertz CT molecular complexity index is 164. The molecule has 1 atom stereocenters. The molecule has 0 aliphatic rings. The number of ether oxygens (including phenoxy) is 2. The van der Waals surface area contributed by atoms with Crippen molar-refractivity contribution in [1.82, 2.24) is 0 Å². The summed E-state index contributed by atoms with van der Waals surface area (Å²) in [6.45, 7) is 5.40. The van der Waals surface area contributed by atoms with E-state index in [9.17, 15) is 4.79 Å². The molecular formula is C8H17NO4. The van der Waals surface area contributed by atoms with Gasteiger partial charge in [0, 0.05) is 7.11 Å². The standard InChI is InChI=1S/C8H17NO4/c1-8(2,3)12-7(10)6(13-9)5-11-4/h6H,5,9H2,1-4H3/t6-/m0/s1. The molecule has 0 aliphatic carbocycles. The highest BCUT2D eigenvalue weighted by Crippen LogP contribution is 2.09. The van der Waals surface area contributed by atoms with Crippen molar-refractivity contribution in [1.29, 1.82) is 0 Å². The smallest absolute Gasteiger partial charge is 0.340 e. The van der Waals surface area contributed by atoms with Crippen LogP contribution in [0.25, 0.3) is 0 Å². The van der Waals surface area contributed by atoms with Gasteiger partial charge >= 0.3 is 5.97 Å². The van der Waals surface area contributed by atoms with Gasteiger partial charge < -0.3 is 9.47 Å². The van der Waals surface area contributed by atoms with Gasteiger partial charge in [-0.15, -0.1) is 0 Å². The van der Waals surface area contributed by atoms with Crippen LogP contribution in [-0.4, -0.2) is 31.4 Å². The second-order valence-electron chi connectivity index (χ2n) is 3.61. The van der Waals surface area contributed by atoms with E-state index >= 15 is 0 Å². The fourth-order valence-electron chi connectivity index (χ4n) is 0.682. The second kappa shape index (κ2) is 5.16. The molecule has 0 spiro atoms. The summed E-state index contributed by atoms with van der Waals surface area (Å²) in [6, 6.07) is 0. The van der Waals surface area contributed by atoms with E-state index in [1.54, 1.807) is 20.8 Å². The number of hydrogen-bond donors (Lipinski definition) is 1. The highest BCUT2D eigenvalue weighted by atomic mass is 16.7. The maximum absolute atomic E-state index is 11.3. The predicted molar refractivity (Wildman–Crippen MR) is 46.8 cm³/mol. The molecule has 0 unspecified atom stereocenters. The van der Waals surface area contributed by atoms with Gasteiger partial charge in [0.05, 0.1) is 6.61 Å². The zero-order chi connectivity index (χ0) is 10.5. The van der Waals surface area contributed by atoms with Crippen molar-refractivity contribution in [2.45, 2.75) is 32.5 Å². The SMILES string of the molecule is COC[C@H](ON)C(=O)OC(C)(C)C. The Morgan fingerprint density at radius 2 is 2.00 bits per heavy atom. The summed E-state index contributed by atoms with van der Waals surface area (Å²) in [4.78, 5) is 15.7. The minimum absolute atomic E-state index is 0.0887. The van der Waals surface area contributed by atoms with Crippen LogP contribution in [0.2, 0.25) is 0 Å². The number of carbonyl (C=O) groups is 1. The van der Waals surface area contributed by atoms with Crippen LogP contribution in [-0.2, 0) is 19.1 Å². The molecule has 0 heterocycles. The van der Waals surface area contributed by atoms with Gasteiger partial charge in [-0.2, -0.15) is 0 Å². The lowest BCUT2D eigenvalue weighted by molar-refractivity contribution is -0.172. The van der Waals surface area contributed by atoms with Crippen LogP contribution in [0.4, 0.5) is 0 Å². The zero-order valence-electron chi connectivity index (χ0n) is 8.49. The molecule has 0 amide bonds. The lowest BCUT2D eigenvalue weighted by Crippen LogP contribution is -2.37. The lowest BCUT2D eigenvalue weighted by atomic mass is 10.2. The Hall–Kier alpha value is -0.650. The van der Waals surface area contributed by atoms with Gasteiger partial charge in [0.1, 0.15) is 5.60 Å². The Morgan fingerprint density at radius 1 is 1.46 bits per heavy atom. The largest absolute Gasteiger partial charge is 0.458 e. The van der Waals surface area contributed by atoms with Crippen molar-refractivity contribution in [3.05, 3.63) is 0 Å². The summed E-state index contributed by atoms with van der Waals surface area (Å²) in [6.07, 6.45) is -0.857. The third kappa shape index (κ3) is 5.57. The Kier molecular flexibility index (Phi) is 4.90. The maximum Gasteiger partial charge on any atom is 0.340 e. The van der Waals surface area contributed by atoms with E-state index in [4.69, 9.17) is 15.4 Å². The highest BCUT2D eigenvalue weighted by Gasteiger charge is 2.25. The van der Waals surface area contributed by atoms with Crippen LogP contribution in [0.5, 0.6) is 0 Å². The van der Waals surface area contributed by atoms with Gasteiger partial charge in [-0.25, -0.2) is 10.7 Å². The van der Waals surface area contributed by atoms with Gasteiger partial charge in [-0.05, 0) is 20.8 Å². The lowest BCUT2D eigenvalue weighted by Gasteiger charge is -2.22. The van der Waals surface area contributed by atoms with Crippen molar-refractivity contribution in [2.24, 2.45) is 5.90 Å². The fraction of sp³-hybridized carbons (Fsp3) is 0.875. The molecule has 0 aromatic heterocycles. The van der Waals surface area contributed by atoms with Crippen LogP contribution >= 0.6 is 0 Å². The molecule has 0 saturated carbocycles. The van der Waals surface area contributed by atoms with E-state index in [2.05, 4.69) is 4.84 Å². The predicted octanol–water partition coefficient (Wildman–Crippen LogP) is 0.233. The quantitative estimate of drug-likeness (QED) is 0.509. The van der Waals surface area contributed by atoms with Crippen LogP contribution in [0.3, 0.4) is 0 Å². The number of carbonyl (C=O) groups excluding carboxylic acids is 1. The molecule has 0 radical (unpaired) electrons. The third-order valence-corrected chi connectivity index (χ3v) is 1.15. The number of rotatable bonds is 4. The first-order valence-electron chi connectivity index (χ1n) is 3.98. The fourth-order valence-corrected chi connectivity index (χ4v) is 0.682. The summed E-state index contributed by atoms with van der Waals surface area (Å²) in [5.74, 6) is 4.38. The normalized spacial score (nSPS) is 13.9. The minimum Gasteiger partial charge on any atom is -0.458 e. The molecule has 0 aliphatic heterocycles. The van der Waals surface area contributed by atoms with Crippen molar-refractivity contribution >= 4 is 5.97 Å². The first-order chi connectivity index (χ1) is 5.90. The molecule has 0 aromatic carbocycles. The summed E-state index contributed by atoms with van der Waals surface area (Å²) in [5, 5.41) is 0. The average molecular weight is 191 g/mol. The summed E-state index contributed by atoms with van der Waals surface area (Å²) in [7, 11) is 1.45. The second-order valence-corrected chi connectivity index (χ2v) is 3.61.